The van der Waals surface area contributed by atoms with Crippen LogP contribution in [0.25, 0.3) is 6.08 Å². The van der Waals surface area contributed by atoms with Crippen molar-refractivity contribution in [1.29, 1.82) is 5.26 Å². The van der Waals surface area contributed by atoms with Crippen molar-refractivity contribution >= 4 is 23.4 Å². The number of ether oxygens (including phenoxy) is 2. The Morgan fingerprint density at radius 1 is 1.24 bits per heavy atom. The monoisotopic (exact) mass is 391 g/mol. The Labute approximate surface area is 171 Å². The van der Waals surface area contributed by atoms with Crippen LogP contribution < -0.4 is 15.0 Å². The second kappa shape index (κ2) is 9.26. The van der Waals surface area contributed by atoms with Crippen molar-refractivity contribution in [3.05, 3.63) is 58.7 Å². The number of hydrogen-bond acceptors (Lipinski definition) is 5. The van der Waals surface area contributed by atoms with Crippen LogP contribution in [0, 0.1) is 25.2 Å². The Bertz CT molecular complexity index is 970. The summed E-state index contributed by atoms with van der Waals surface area (Å²) in [4.78, 5) is 14.9. The zero-order valence-electron chi connectivity index (χ0n) is 17.0. The van der Waals surface area contributed by atoms with E-state index in [9.17, 15) is 10.1 Å². The summed E-state index contributed by atoms with van der Waals surface area (Å²) in [5, 5.41) is 12.4. The fourth-order valence-corrected chi connectivity index (χ4v) is 3.22. The molecule has 1 heterocycles. The smallest absolute Gasteiger partial charge is 0.266 e. The van der Waals surface area contributed by atoms with Crippen molar-refractivity contribution in [3.63, 3.8) is 0 Å². The maximum absolute atomic E-state index is 12.7. The Morgan fingerprint density at radius 2 is 2.00 bits per heavy atom. The van der Waals surface area contributed by atoms with Crippen LogP contribution in [0.3, 0.4) is 0 Å². The molecule has 2 aromatic rings. The van der Waals surface area contributed by atoms with Gasteiger partial charge in [0.1, 0.15) is 17.4 Å². The van der Waals surface area contributed by atoms with Gasteiger partial charge in [-0.1, -0.05) is 12.1 Å². The average molecular weight is 391 g/mol. The SMILES string of the molecule is COc1cc(N2CCOCC2)ccc1/C=C(/C#N)C(=O)Nc1cccc(C)c1C. The van der Waals surface area contributed by atoms with Gasteiger partial charge in [0.25, 0.3) is 5.91 Å². The van der Waals surface area contributed by atoms with Crippen LogP contribution in [0.15, 0.2) is 42.0 Å². The number of carbonyl (C=O) groups excluding carboxylic acids is 1. The molecular formula is C23H25N3O3. The van der Waals surface area contributed by atoms with Crippen LogP contribution in [0.5, 0.6) is 5.75 Å². The molecule has 0 aliphatic carbocycles. The number of nitriles is 1. The fourth-order valence-electron chi connectivity index (χ4n) is 3.22. The number of carbonyl (C=O) groups is 1. The zero-order valence-corrected chi connectivity index (χ0v) is 17.0. The third kappa shape index (κ3) is 4.76. The first-order chi connectivity index (χ1) is 14.0. The van der Waals surface area contributed by atoms with Gasteiger partial charge in [-0.2, -0.15) is 5.26 Å². The van der Waals surface area contributed by atoms with Crippen molar-refractivity contribution in [2.24, 2.45) is 0 Å². The standard InChI is InChI=1S/C23H25N3O3/c1-16-5-4-6-21(17(16)2)25-23(27)19(15-24)13-18-7-8-20(14-22(18)28-3)26-9-11-29-12-10-26/h4-8,13-14H,9-12H2,1-3H3,(H,25,27)/b19-13-. The largest absolute Gasteiger partial charge is 0.496 e. The van der Waals surface area contributed by atoms with Crippen LogP contribution in [0.2, 0.25) is 0 Å². The predicted molar refractivity (Wildman–Crippen MR) is 114 cm³/mol. The topological polar surface area (TPSA) is 74.6 Å². The molecule has 6 heteroatoms. The first-order valence-corrected chi connectivity index (χ1v) is 9.53. The molecule has 0 bridgehead atoms. The summed E-state index contributed by atoms with van der Waals surface area (Å²) in [5.74, 6) is 0.168. The first-order valence-electron chi connectivity index (χ1n) is 9.53. The molecule has 2 aromatic carbocycles. The number of morpholine rings is 1. The van der Waals surface area contributed by atoms with Gasteiger partial charge in [0.2, 0.25) is 0 Å². The fraction of sp³-hybridized carbons (Fsp3) is 0.304. The van der Waals surface area contributed by atoms with Gasteiger partial charge in [0.15, 0.2) is 0 Å². The molecule has 29 heavy (non-hydrogen) atoms. The number of anilines is 2. The molecule has 1 aliphatic rings. The van der Waals surface area contributed by atoms with Crippen LogP contribution in [-0.4, -0.2) is 39.3 Å². The molecule has 0 radical (unpaired) electrons. The molecule has 3 rings (SSSR count). The number of nitrogens with one attached hydrogen (secondary N) is 1. The third-order valence-electron chi connectivity index (χ3n) is 5.11. The third-order valence-corrected chi connectivity index (χ3v) is 5.11. The number of benzene rings is 2. The zero-order chi connectivity index (χ0) is 20.8. The first kappa shape index (κ1) is 20.4. The molecule has 0 aromatic heterocycles. The lowest BCUT2D eigenvalue weighted by Crippen LogP contribution is -2.36. The molecule has 150 valence electrons. The van der Waals surface area contributed by atoms with E-state index in [4.69, 9.17) is 9.47 Å². The van der Waals surface area contributed by atoms with Crippen molar-refractivity contribution in [1.82, 2.24) is 0 Å². The van der Waals surface area contributed by atoms with E-state index in [1.807, 2.05) is 56.3 Å². The highest BCUT2D eigenvalue weighted by Gasteiger charge is 2.15. The van der Waals surface area contributed by atoms with Gasteiger partial charge >= 0.3 is 0 Å². The van der Waals surface area contributed by atoms with Crippen molar-refractivity contribution in [2.45, 2.75) is 13.8 Å². The van der Waals surface area contributed by atoms with E-state index in [-0.39, 0.29) is 5.57 Å². The predicted octanol–water partition coefficient (Wildman–Crippen LogP) is 3.69. The molecule has 1 aliphatic heterocycles. The second-order valence-electron chi connectivity index (χ2n) is 6.90. The quantitative estimate of drug-likeness (QED) is 0.621. The lowest BCUT2D eigenvalue weighted by Gasteiger charge is -2.29. The van der Waals surface area contributed by atoms with Gasteiger partial charge < -0.3 is 19.7 Å². The van der Waals surface area contributed by atoms with E-state index in [2.05, 4.69) is 10.2 Å². The van der Waals surface area contributed by atoms with Gasteiger partial charge in [0.05, 0.1) is 20.3 Å². The molecule has 0 unspecified atom stereocenters. The number of methoxy groups -OCH3 is 1. The van der Waals surface area contributed by atoms with E-state index in [1.54, 1.807) is 13.2 Å². The summed E-state index contributed by atoms with van der Waals surface area (Å²) in [6.45, 7) is 6.95. The number of nitrogens with zero attached hydrogens (tertiary/aromatic N) is 2. The van der Waals surface area contributed by atoms with Crippen LogP contribution in [0.4, 0.5) is 11.4 Å². The summed E-state index contributed by atoms with van der Waals surface area (Å²) >= 11 is 0. The van der Waals surface area contributed by atoms with Gasteiger partial charge in [-0.3, -0.25) is 4.79 Å². The Morgan fingerprint density at radius 3 is 2.69 bits per heavy atom. The summed E-state index contributed by atoms with van der Waals surface area (Å²) in [6.07, 6.45) is 1.56. The average Bonchev–Trinajstić information content (AvgIpc) is 2.75. The molecule has 6 nitrogen and oxygen atoms in total. The maximum Gasteiger partial charge on any atom is 0.266 e. The van der Waals surface area contributed by atoms with Gasteiger partial charge in [-0.15, -0.1) is 0 Å². The van der Waals surface area contributed by atoms with E-state index < -0.39 is 5.91 Å². The summed E-state index contributed by atoms with van der Waals surface area (Å²) < 4.78 is 10.9. The van der Waals surface area contributed by atoms with E-state index in [0.717, 1.165) is 29.9 Å². The molecule has 1 saturated heterocycles. The van der Waals surface area contributed by atoms with Crippen molar-refractivity contribution in [3.8, 4) is 11.8 Å². The summed E-state index contributed by atoms with van der Waals surface area (Å²) in [5.41, 5.74) is 4.48. The Balaban J connectivity index is 1.85. The van der Waals surface area contributed by atoms with E-state index >= 15 is 0 Å². The van der Waals surface area contributed by atoms with Crippen LogP contribution in [-0.2, 0) is 9.53 Å². The van der Waals surface area contributed by atoms with Crippen LogP contribution >= 0.6 is 0 Å². The maximum atomic E-state index is 12.7. The second-order valence-corrected chi connectivity index (χ2v) is 6.90. The molecule has 0 saturated carbocycles. The van der Waals surface area contributed by atoms with Crippen molar-refractivity contribution in [2.75, 3.05) is 43.6 Å². The number of amides is 1. The van der Waals surface area contributed by atoms with E-state index in [0.29, 0.717) is 30.2 Å². The summed E-state index contributed by atoms with van der Waals surface area (Å²) in [6, 6.07) is 13.4. The minimum absolute atomic E-state index is 0.0170. The summed E-state index contributed by atoms with van der Waals surface area (Å²) in [7, 11) is 1.58. The molecule has 1 N–H and O–H groups in total. The Kier molecular flexibility index (Phi) is 6.53. The molecule has 0 atom stereocenters. The minimum atomic E-state index is -0.444. The van der Waals surface area contributed by atoms with E-state index in [1.165, 1.54) is 0 Å². The number of hydrogen-bond donors (Lipinski definition) is 1. The Hall–Kier alpha value is -3.30. The minimum Gasteiger partial charge on any atom is -0.496 e. The van der Waals surface area contributed by atoms with Crippen LogP contribution in [0.1, 0.15) is 16.7 Å². The van der Waals surface area contributed by atoms with Gasteiger partial charge in [-0.05, 0) is 49.2 Å². The molecule has 1 amide bonds. The van der Waals surface area contributed by atoms with Gasteiger partial charge in [-0.25, -0.2) is 0 Å². The molecular weight excluding hydrogens is 366 g/mol. The van der Waals surface area contributed by atoms with Crippen molar-refractivity contribution < 1.29 is 14.3 Å². The normalized spacial score (nSPS) is 14.3. The lowest BCUT2D eigenvalue weighted by molar-refractivity contribution is -0.112. The highest BCUT2D eigenvalue weighted by Crippen LogP contribution is 2.28. The number of aryl methyl sites for hydroxylation is 1. The molecule has 0 spiro atoms. The molecule has 1 fully saturated rings. The number of rotatable bonds is 5. The highest BCUT2D eigenvalue weighted by atomic mass is 16.5. The van der Waals surface area contributed by atoms with Gasteiger partial charge in [0, 0.05) is 36.1 Å². The lowest BCUT2D eigenvalue weighted by atomic mass is 10.1. The highest BCUT2D eigenvalue weighted by molar-refractivity contribution is 6.10.